The largest absolute Gasteiger partial charge is 0.384 e. The Morgan fingerprint density at radius 3 is 1.61 bits per heavy atom. The predicted molar refractivity (Wildman–Crippen MR) is 95.7 cm³/mol. The molecule has 2 heteroatoms. The summed E-state index contributed by atoms with van der Waals surface area (Å²) in [6, 6.07) is 19.3. The molecule has 0 saturated carbocycles. The molecule has 0 aromatic heterocycles. The molecule has 0 aliphatic carbocycles. The number of hydrogen-bond donors (Lipinski definition) is 1. The van der Waals surface area contributed by atoms with E-state index in [9.17, 15) is 5.11 Å². The summed E-state index contributed by atoms with van der Waals surface area (Å²) in [5.41, 5.74) is 1.86. The summed E-state index contributed by atoms with van der Waals surface area (Å²) >= 11 is 0. The van der Waals surface area contributed by atoms with Crippen molar-refractivity contribution in [3.63, 3.8) is 0 Å². The van der Waals surface area contributed by atoms with Crippen molar-refractivity contribution in [2.45, 2.75) is 51.6 Å². The monoisotopic (exact) mass is 387 g/mol. The second-order valence-electron chi connectivity index (χ2n) is 5.49. The molecule has 0 aliphatic heterocycles. The van der Waals surface area contributed by atoms with Crippen molar-refractivity contribution in [2.24, 2.45) is 0 Å². The number of aliphatic hydroxyl groups excluding tert-OH is 1. The third kappa shape index (κ3) is 9.89. The topological polar surface area (TPSA) is 20.2 Å². The van der Waals surface area contributed by atoms with E-state index in [0.717, 1.165) is 17.5 Å². The Morgan fingerprint density at radius 1 is 0.783 bits per heavy atom. The summed E-state index contributed by atoms with van der Waals surface area (Å²) in [6.45, 7) is 6.02. The Balaban J connectivity index is 0.000000469. The van der Waals surface area contributed by atoms with Gasteiger partial charge in [-0.25, -0.2) is 0 Å². The first kappa shape index (κ1) is 22.3. The van der Waals surface area contributed by atoms with Crippen LogP contribution >= 0.6 is 0 Å². The van der Waals surface area contributed by atoms with Crippen LogP contribution in [-0.4, -0.2) is 5.11 Å². The molecule has 0 amide bonds. The molecule has 0 unspecified atom stereocenters. The summed E-state index contributed by atoms with van der Waals surface area (Å²) in [6.07, 6.45) is 7.46. The maximum absolute atomic E-state index is 9.99. The zero-order valence-corrected chi connectivity index (χ0v) is 16.7. The average molecular weight is 389 g/mol. The molecule has 23 heavy (non-hydrogen) atoms. The molecule has 0 atom stereocenters. The van der Waals surface area contributed by atoms with Gasteiger partial charge in [-0.05, 0) is 11.1 Å². The standard InChI is InChI=1S/C13H12O.C8H17.Zr/c14-13(11-7-3-1-4-8-11)12-9-5-2-6-10-12;1-3-5-7-8-6-4-2;/h1-10,13-14H;1,3-8H2,2H3;/q;-1;. The van der Waals surface area contributed by atoms with Crippen LogP contribution in [0.25, 0.3) is 0 Å². The molecule has 1 N–H and O–H groups in total. The van der Waals surface area contributed by atoms with E-state index in [-0.39, 0.29) is 26.2 Å². The number of rotatable bonds is 7. The van der Waals surface area contributed by atoms with Gasteiger partial charge >= 0.3 is 0 Å². The first-order valence-corrected chi connectivity index (χ1v) is 8.36. The molecular weight excluding hydrogens is 359 g/mol. The van der Waals surface area contributed by atoms with Crippen LogP contribution in [0.3, 0.4) is 0 Å². The zero-order valence-electron chi connectivity index (χ0n) is 14.2. The van der Waals surface area contributed by atoms with Crippen LogP contribution in [0.15, 0.2) is 60.7 Å². The van der Waals surface area contributed by atoms with Gasteiger partial charge in [-0.15, -0.1) is 0 Å². The van der Waals surface area contributed by atoms with E-state index < -0.39 is 6.10 Å². The smallest absolute Gasteiger partial charge is 0.104 e. The van der Waals surface area contributed by atoms with Crippen molar-refractivity contribution in [1.82, 2.24) is 0 Å². The second kappa shape index (κ2) is 14.8. The van der Waals surface area contributed by atoms with Gasteiger partial charge in [0, 0.05) is 26.2 Å². The Kier molecular flexibility index (Phi) is 14.4. The fraction of sp³-hybridized carbons (Fsp3) is 0.381. The van der Waals surface area contributed by atoms with Crippen molar-refractivity contribution >= 4 is 0 Å². The normalized spacial score (nSPS) is 9.74. The van der Waals surface area contributed by atoms with Crippen LogP contribution in [0, 0.1) is 6.92 Å². The third-order valence-electron chi connectivity index (χ3n) is 3.58. The average Bonchev–Trinajstić information content (AvgIpc) is 2.60. The van der Waals surface area contributed by atoms with Crippen LogP contribution in [0.2, 0.25) is 0 Å². The number of aliphatic hydroxyl groups is 1. The Morgan fingerprint density at radius 2 is 1.22 bits per heavy atom. The molecule has 124 valence electrons. The van der Waals surface area contributed by atoms with Crippen LogP contribution in [0.4, 0.5) is 0 Å². The van der Waals surface area contributed by atoms with Crippen molar-refractivity contribution in [2.75, 3.05) is 0 Å². The molecule has 0 bridgehead atoms. The maximum atomic E-state index is 9.99. The zero-order chi connectivity index (χ0) is 16.0. The van der Waals surface area contributed by atoms with E-state index in [0.29, 0.717) is 0 Å². The van der Waals surface area contributed by atoms with Gasteiger partial charge in [0.1, 0.15) is 6.10 Å². The quantitative estimate of drug-likeness (QED) is 0.459. The van der Waals surface area contributed by atoms with Crippen molar-refractivity contribution in [3.8, 4) is 0 Å². The van der Waals surface area contributed by atoms with Crippen LogP contribution in [-0.2, 0) is 26.2 Å². The predicted octanol–water partition coefficient (Wildman–Crippen LogP) is 5.95. The van der Waals surface area contributed by atoms with Crippen molar-refractivity contribution in [1.29, 1.82) is 0 Å². The molecule has 0 spiro atoms. The maximum Gasteiger partial charge on any atom is 0.104 e. The minimum Gasteiger partial charge on any atom is -0.384 e. The van der Waals surface area contributed by atoms with Gasteiger partial charge in [-0.1, -0.05) is 99.7 Å². The van der Waals surface area contributed by atoms with E-state index >= 15 is 0 Å². The van der Waals surface area contributed by atoms with Gasteiger partial charge in [0.2, 0.25) is 0 Å². The van der Waals surface area contributed by atoms with E-state index in [4.69, 9.17) is 0 Å². The minimum absolute atomic E-state index is 0. The summed E-state index contributed by atoms with van der Waals surface area (Å²) in [5, 5.41) is 9.99. The van der Waals surface area contributed by atoms with Gasteiger partial charge in [0.15, 0.2) is 0 Å². The van der Waals surface area contributed by atoms with E-state index in [1.807, 2.05) is 60.7 Å². The Hall–Kier alpha value is -0.717. The molecule has 0 saturated heterocycles. The number of unbranched alkanes of at least 4 members (excludes halogenated alkanes) is 5. The Labute approximate surface area is 161 Å². The first-order valence-electron chi connectivity index (χ1n) is 8.36. The van der Waals surface area contributed by atoms with E-state index in [1.165, 1.54) is 32.1 Å². The molecule has 2 aromatic rings. The van der Waals surface area contributed by atoms with Gasteiger partial charge in [-0.2, -0.15) is 6.42 Å². The molecule has 0 fully saturated rings. The molecule has 1 nitrogen and oxygen atoms in total. The SMILES string of the molecule is OC(c1ccccc1)c1ccccc1.[CH2-]CCCCCCC.[Zr]. The summed E-state index contributed by atoms with van der Waals surface area (Å²) in [4.78, 5) is 0. The van der Waals surface area contributed by atoms with Crippen LogP contribution in [0.5, 0.6) is 0 Å². The fourth-order valence-electron chi connectivity index (χ4n) is 2.24. The molecule has 2 aromatic carbocycles. The second-order valence-corrected chi connectivity index (χ2v) is 5.49. The molecular formula is C21H29OZr-. The summed E-state index contributed by atoms with van der Waals surface area (Å²) in [7, 11) is 0. The van der Waals surface area contributed by atoms with Crippen LogP contribution in [0.1, 0.15) is 62.7 Å². The first-order chi connectivity index (χ1) is 10.8. The molecule has 2 rings (SSSR count). The molecule has 0 heterocycles. The van der Waals surface area contributed by atoms with Gasteiger partial charge in [0.05, 0.1) is 0 Å². The van der Waals surface area contributed by atoms with E-state index in [1.54, 1.807) is 0 Å². The minimum atomic E-state index is -0.516. The van der Waals surface area contributed by atoms with Crippen LogP contribution < -0.4 is 0 Å². The Bertz CT molecular complexity index is 424. The molecule has 0 radical (unpaired) electrons. The number of benzene rings is 2. The van der Waals surface area contributed by atoms with Crippen molar-refractivity contribution in [3.05, 3.63) is 78.7 Å². The molecule has 0 aliphatic rings. The van der Waals surface area contributed by atoms with Crippen molar-refractivity contribution < 1.29 is 31.3 Å². The summed E-state index contributed by atoms with van der Waals surface area (Å²) < 4.78 is 0. The third-order valence-corrected chi connectivity index (χ3v) is 3.58. The fourth-order valence-corrected chi connectivity index (χ4v) is 2.24. The number of hydrogen-bond acceptors (Lipinski definition) is 1. The summed E-state index contributed by atoms with van der Waals surface area (Å²) in [5.74, 6) is 0. The van der Waals surface area contributed by atoms with E-state index in [2.05, 4.69) is 13.8 Å². The van der Waals surface area contributed by atoms with Gasteiger partial charge in [-0.3, -0.25) is 0 Å². The van der Waals surface area contributed by atoms with Gasteiger partial charge < -0.3 is 12.0 Å². The van der Waals surface area contributed by atoms with Gasteiger partial charge in [0.25, 0.3) is 0 Å².